The number of rotatable bonds is 3. The molecule has 1 aromatic heterocycles. The molecule has 0 aliphatic heterocycles. The van der Waals surface area contributed by atoms with Gasteiger partial charge in [0.1, 0.15) is 11.5 Å². The zero-order valence-electron chi connectivity index (χ0n) is 13.0. The highest BCUT2D eigenvalue weighted by Crippen LogP contribution is 2.23. The van der Waals surface area contributed by atoms with E-state index in [4.69, 9.17) is 11.6 Å². The van der Waals surface area contributed by atoms with Gasteiger partial charge in [-0.25, -0.2) is 4.39 Å². The number of halogens is 2. The van der Waals surface area contributed by atoms with Gasteiger partial charge in [-0.2, -0.15) is 0 Å². The Morgan fingerprint density at radius 3 is 2.62 bits per heavy atom. The summed E-state index contributed by atoms with van der Waals surface area (Å²) in [7, 11) is 1.52. The summed E-state index contributed by atoms with van der Waals surface area (Å²) in [6, 6.07) is 6.09. The number of aromatic nitrogens is 1. The summed E-state index contributed by atoms with van der Waals surface area (Å²) >= 11 is 5.92. The number of aryl methyl sites for hydroxylation is 1. The van der Waals surface area contributed by atoms with Crippen LogP contribution in [-0.4, -0.2) is 16.4 Å². The van der Waals surface area contributed by atoms with E-state index in [9.17, 15) is 18.8 Å². The molecule has 0 aliphatic rings. The summed E-state index contributed by atoms with van der Waals surface area (Å²) in [6.07, 6.45) is 1.52. The third-order valence-corrected chi connectivity index (χ3v) is 3.68. The smallest absolute Gasteiger partial charge is 0.313 e. The van der Waals surface area contributed by atoms with E-state index < -0.39 is 29.2 Å². The fourth-order valence-electron chi connectivity index (χ4n) is 2.06. The first-order valence-electron chi connectivity index (χ1n) is 7.02. The monoisotopic (exact) mass is 351 g/mol. The molecule has 1 atom stereocenters. The minimum Gasteiger partial charge on any atom is -0.341 e. The van der Waals surface area contributed by atoms with Gasteiger partial charge in [0, 0.05) is 18.3 Å². The molecule has 1 aromatic carbocycles. The van der Waals surface area contributed by atoms with Gasteiger partial charge in [0.2, 0.25) is 0 Å². The lowest BCUT2D eigenvalue weighted by atomic mass is 10.1. The minimum absolute atomic E-state index is 0.00684. The SMILES string of the molecule is CC(NC(=O)C(=O)Nc1cccn(C)c1=O)c1ccc(F)cc1Cl. The summed E-state index contributed by atoms with van der Waals surface area (Å²) in [5.74, 6) is -2.42. The van der Waals surface area contributed by atoms with Crippen LogP contribution < -0.4 is 16.2 Å². The van der Waals surface area contributed by atoms with E-state index >= 15 is 0 Å². The Morgan fingerprint density at radius 1 is 1.25 bits per heavy atom. The van der Waals surface area contributed by atoms with Crippen LogP contribution in [0.4, 0.5) is 10.1 Å². The van der Waals surface area contributed by atoms with Gasteiger partial charge in [0.05, 0.1) is 6.04 Å². The number of carbonyl (C=O) groups excluding carboxylic acids is 2. The van der Waals surface area contributed by atoms with E-state index in [0.29, 0.717) is 5.56 Å². The van der Waals surface area contributed by atoms with Crippen molar-refractivity contribution in [3.8, 4) is 0 Å². The van der Waals surface area contributed by atoms with Crippen molar-refractivity contribution in [1.82, 2.24) is 9.88 Å². The molecule has 2 aromatic rings. The fraction of sp³-hybridized carbons (Fsp3) is 0.188. The molecule has 2 amide bonds. The zero-order chi connectivity index (χ0) is 17.9. The van der Waals surface area contributed by atoms with Gasteiger partial charge in [-0.05, 0) is 36.8 Å². The standard InChI is InChI=1S/C16H15ClFN3O3/c1-9(11-6-5-10(18)8-12(11)17)19-14(22)15(23)20-13-4-3-7-21(2)16(13)24/h3-9H,1-2H3,(H,19,22)(H,20,23). The molecule has 0 saturated heterocycles. The second-order valence-corrected chi connectivity index (χ2v) is 5.56. The molecular weight excluding hydrogens is 337 g/mol. The number of hydrogen-bond donors (Lipinski definition) is 2. The first kappa shape index (κ1) is 17.7. The van der Waals surface area contributed by atoms with E-state index in [0.717, 1.165) is 6.07 Å². The number of nitrogens with one attached hydrogen (secondary N) is 2. The summed E-state index contributed by atoms with van der Waals surface area (Å²) < 4.78 is 14.3. The Hall–Kier alpha value is -2.67. The number of pyridine rings is 1. The highest BCUT2D eigenvalue weighted by Gasteiger charge is 2.19. The van der Waals surface area contributed by atoms with Crippen LogP contribution in [-0.2, 0) is 16.6 Å². The molecule has 1 heterocycles. The molecule has 0 spiro atoms. The van der Waals surface area contributed by atoms with Gasteiger partial charge < -0.3 is 15.2 Å². The first-order chi connectivity index (χ1) is 11.3. The van der Waals surface area contributed by atoms with Crippen molar-refractivity contribution < 1.29 is 14.0 Å². The molecule has 0 aliphatic carbocycles. The summed E-state index contributed by atoms with van der Waals surface area (Å²) in [5.41, 5.74) is 0.0238. The van der Waals surface area contributed by atoms with Crippen molar-refractivity contribution in [2.75, 3.05) is 5.32 Å². The Kier molecular flexibility index (Phi) is 5.35. The molecule has 0 bridgehead atoms. The largest absolute Gasteiger partial charge is 0.341 e. The van der Waals surface area contributed by atoms with E-state index in [1.165, 1.54) is 36.0 Å². The molecular formula is C16H15ClFN3O3. The first-order valence-corrected chi connectivity index (χ1v) is 7.40. The van der Waals surface area contributed by atoms with Crippen molar-refractivity contribution in [3.05, 3.63) is 63.3 Å². The quantitative estimate of drug-likeness (QED) is 0.830. The van der Waals surface area contributed by atoms with E-state index in [1.54, 1.807) is 13.0 Å². The predicted molar refractivity (Wildman–Crippen MR) is 88.3 cm³/mol. The lowest BCUT2D eigenvalue weighted by Gasteiger charge is -2.15. The maximum Gasteiger partial charge on any atom is 0.313 e. The molecule has 24 heavy (non-hydrogen) atoms. The van der Waals surface area contributed by atoms with Gasteiger partial charge in [-0.3, -0.25) is 14.4 Å². The maximum absolute atomic E-state index is 13.0. The Labute approximate surface area is 142 Å². The topological polar surface area (TPSA) is 80.2 Å². The lowest BCUT2D eigenvalue weighted by molar-refractivity contribution is -0.136. The van der Waals surface area contributed by atoms with Crippen LogP contribution in [0.2, 0.25) is 5.02 Å². The van der Waals surface area contributed by atoms with Gasteiger partial charge >= 0.3 is 11.8 Å². The number of benzene rings is 1. The van der Waals surface area contributed by atoms with Crippen LogP contribution in [0.3, 0.4) is 0 Å². The van der Waals surface area contributed by atoms with Gasteiger partial charge in [-0.15, -0.1) is 0 Å². The Morgan fingerprint density at radius 2 is 1.96 bits per heavy atom. The average molecular weight is 352 g/mol. The molecule has 6 nitrogen and oxygen atoms in total. The molecule has 2 N–H and O–H groups in total. The molecule has 2 rings (SSSR count). The van der Waals surface area contributed by atoms with Crippen molar-refractivity contribution >= 4 is 29.1 Å². The lowest BCUT2D eigenvalue weighted by Crippen LogP contribution is -2.38. The van der Waals surface area contributed by atoms with Crippen LogP contribution in [0, 0.1) is 5.82 Å². The number of amides is 2. The average Bonchev–Trinajstić information content (AvgIpc) is 2.51. The van der Waals surface area contributed by atoms with Gasteiger partial charge in [-0.1, -0.05) is 17.7 Å². The minimum atomic E-state index is -0.983. The molecule has 1 unspecified atom stereocenters. The molecule has 0 saturated carbocycles. The number of nitrogens with zero attached hydrogens (tertiary/aromatic N) is 1. The summed E-state index contributed by atoms with van der Waals surface area (Å²) in [4.78, 5) is 35.7. The molecule has 126 valence electrons. The van der Waals surface area contributed by atoms with Crippen molar-refractivity contribution in [2.45, 2.75) is 13.0 Å². The van der Waals surface area contributed by atoms with Crippen LogP contribution in [0.5, 0.6) is 0 Å². The molecule has 8 heteroatoms. The van der Waals surface area contributed by atoms with Crippen LogP contribution in [0.15, 0.2) is 41.3 Å². The van der Waals surface area contributed by atoms with Crippen molar-refractivity contribution in [2.24, 2.45) is 7.05 Å². The zero-order valence-corrected chi connectivity index (χ0v) is 13.7. The normalized spacial score (nSPS) is 11.7. The summed E-state index contributed by atoms with van der Waals surface area (Å²) in [6.45, 7) is 1.60. The molecule has 0 fully saturated rings. The van der Waals surface area contributed by atoms with Crippen molar-refractivity contribution in [1.29, 1.82) is 0 Å². The van der Waals surface area contributed by atoms with Crippen molar-refractivity contribution in [3.63, 3.8) is 0 Å². The Bertz CT molecular complexity index is 851. The van der Waals surface area contributed by atoms with E-state index in [1.807, 2.05) is 0 Å². The molecule has 0 radical (unpaired) electrons. The van der Waals surface area contributed by atoms with Gasteiger partial charge in [0.25, 0.3) is 5.56 Å². The van der Waals surface area contributed by atoms with Gasteiger partial charge in [0.15, 0.2) is 0 Å². The van der Waals surface area contributed by atoms with E-state index in [2.05, 4.69) is 10.6 Å². The predicted octanol–water partition coefficient (Wildman–Crippen LogP) is 1.99. The maximum atomic E-state index is 13.0. The van der Waals surface area contributed by atoms with Crippen LogP contribution in [0.1, 0.15) is 18.5 Å². The number of anilines is 1. The highest BCUT2D eigenvalue weighted by molar-refractivity contribution is 6.39. The third kappa shape index (κ3) is 3.99. The third-order valence-electron chi connectivity index (χ3n) is 3.35. The van der Waals surface area contributed by atoms with Crippen LogP contribution >= 0.6 is 11.6 Å². The highest BCUT2D eigenvalue weighted by atomic mass is 35.5. The van der Waals surface area contributed by atoms with E-state index in [-0.39, 0.29) is 10.7 Å². The fourth-order valence-corrected chi connectivity index (χ4v) is 2.40. The second kappa shape index (κ2) is 7.27. The van der Waals surface area contributed by atoms with Crippen LogP contribution in [0.25, 0.3) is 0 Å². The number of hydrogen-bond acceptors (Lipinski definition) is 3. The Balaban J connectivity index is 2.07. The number of carbonyl (C=O) groups is 2. The summed E-state index contributed by atoms with van der Waals surface area (Å²) in [5, 5.41) is 4.84. The second-order valence-electron chi connectivity index (χ2n) is 5.15.